The normalized spacial score (nSPS) is 10.4. The van der Waals surface area contributed by atoms with E-state index in [1.165, 1.54) is 0 Å². The third kappa shape index (κ3) is 5.73. The maximum Gasteiger partial charge on any atom is 0.254 e. The molecule has 0 N–H and O–H groups in total. The van der Waals surface area contributed by atoms with Crippen LogP contribution in [-0.2, 0) is 13.2 Å². The largest absolute Gasteiger partial charge is 0.493 e. The molecule has 7 nitrogen and oxygen atoms in total. The zero-order valence-corrected chi connectivity index (χ0v) is 20.3. The SMILES string of the molecule is CCN(Cc1ccc(OC)c(OC)c1)C(=O)c1cc(OC)c(OCc2ccccc2)c(OC)c1. The van der Waals surface area contributed by atoms with E-state index in [2.05, 4.69) is 0 Å². The van der Waals surface area contributed by atoms with E-state index in [-0.39, 0.29) is 5.91 Å². The van der Waals surface area contributed by atoms with E-state index in [1.807, 2.05) is 55.5 Å². The van der Waals surface area contributed by atoms with Crippen LogP contribution in [0.2, 0.25) is 0 Å². The Labute approximate surface area is 200 Å². The van der Waals surface area contributed by atoms with Crippen LogP contribution in [-0.4, -0.2) is 45.8 Å². The minimum absolute atomic E-state index is 0.150. The number of carbonyl (C=O) groups excluding carboxylic acids is 1. The van der Waals surface area contributed by atoms with Crippen LogP contribution < -0.4 is 23.7 Å². The van der Waals surface area contributed by atoms with E-state index in [0.717, 1.165) is 11.1 Å². The standard InChI is InChI=1S/C27H31NO6/c1-6-28(17-20-12-13-22(30-2)23(14-20)31-3)27(29)21-15-24(32-4)26(25(16-21)33-5)34-18-19-10-8-7-9-11-19/h7-16H,6,17-18H2,1-5H3. The van der Waals surface area contributed by atoms with Crippen LogP contribution >= 0.6 is 0 Å². The van der Waals surface area contributed by atoms with Gasteiger partial charge in [0.2, 0.25) is 5.75 Å². The molecule has 3 aromatic rings. The van der Waals surface area contributed by atoms with Gasteiger partial charge < -0.3 is 28.6 Å². The highest BCUT2D eigenvalue weighted by Crippen LogP contribution is 2.39. The summed E-state index contributed by atoms with van der Waals surface area (Å²) < 4.78 is 27.8. The lowest BCUT2D eigenvalue weighted by atomic mass is 10.1. The summed E-state index contributed by atoms with van der Waals surface area (Å²) in [6.45, 7) is 3.21. The van der Waals surface area contributed by atoms with Crippen molar-refractivity contribution in [2.24, 2.45) is 0 Å². The number of rotatable bonds is 11. The molecule has 0 spiro atoms. The fourth-order valence-corrected chi connectivity index (χ4v) is 3.58. The van der Waals surface area contributed by atoms with Crippen molar-refractivity contribution < 1.29 is 28.5 Å². The van der Waals surface area contributed by atoms with Crippen LogP contribution in [0, 0.1) is 0 Å². The molecule has 0 heterocycles. The van der Waals surface area contributed by atoms with Crippen molar-refractivity contribution in [3.63, 3.8) is 0 Å². The summed E-state index contributed by atoms with van der Waals surface area (Å²) in [4.78, 5) is 15.1. The predicted octanol–water partition coefficient (Wildman–Crippen LogP) is 4.96. The zero-order chi connectivity index (χ0) is 24.5. The van der Waals surface area contributed by atoms with Gasteiger partial charge >= 0.3 is 0 Å². The quantitative estimate of drug-likeness (QED) is 0.399. The Hall–Kier alpha value is -3.87. The molecule has 0 aromatic heterocycles. The molecule has 0 unspecified atom stereocenters. The lowest BCUT2D eigenvalue weighted by molar-refractivity contribution is 0.0751. The van der Waals surface area contributed by atoms with Crippen LogP contribution in [0.5, 0.6) is 28.7 Å². The minimum atomic E-state index is -0.150. The molecule has 0 radical (unpaired) electrons. The molecule has 0 aliphatic rings. The molecule has 0 fully saturated rings. The van der Waals surface area contributed by atoms with Crippen molar-refractivity contribution >= 4 is 5.91 Å². The van der Waals surface area contributed by atoms with Gasteiger partial charge in [0, 0.05) is 18.7 Å². The first kappa shape index (κ1) is 24.8. The summed E-state index contributed by atoms with van der Waals surface area (Å²) in [6, 6.07) is 18.8. The third-order valence-electron chi connectivity index (χ3n) is 5.42. The van der Waals surface area contributed by atoms with E-state index in [0.29, 0.717) is 54.0 Å². The number of nitrogens with zero attached hydrogens (tertiary/aromatic N) is 1. The highest BCUT2D eigenvalue weighted by molar-refractivity contribution is 5.95. The molecule has 0 aliphatic carbocycles. The first-order valence-electron chi connectivity index (χ1n) is 11.0. The van der Waals surface area contributed by atoms with Gasteiger partial charge in [-0.2, -0.15) is 0 Å². The van der Waals surface area contributed by atoms with E-state index in [4.69, 9.17) is 23.7 Å². The van der Waals surface area contributed by atoms with Gasteiger partial charge in [0.25, 0.3) is 5.91 Å². The van der Waals surface area contributed by atoms with Crippen molar-refractivity contribution in [1.82, 2.24) is 4.90 Å². The minimum Gasteiger partial charge on any atom is -0.493 e. The van der Waals surface area contributed by atoms with E-state index >= 15 is 0 Å². The summed E-state index contributed by atoms with van der Waals surface area (Å²) in [5.74, 6) is 2.42. The van der Waals surface area contributed by atoms with Crippen molar-refractivity contribution in [2.75, 3.05) is 35.0 Å². The summed E-state index contributed by atoms with van der Waals surface area (Å²) >= 11 is 0. The Morgan fingerprint density at radius 1 is 0.735 bits per heavy atom. The fourth-order valence-electron chi connectivity index (χ4n) is 3.58. The highest BCUT2D eigenvalue weighted by Gasteiger charge is 2.21. The van der Waals surface area contributed by atoms with Crippen LogP contribution in [0.15, 0.2) is 60.7 Å². The molecule has 0 saturated carbocycles. The molecule has 180 valence electrons. The lowest BCUT2D eigenvalue weighted by Gasteiger charge is -2.23. The summed E-state index contributed by atoms with van der Waals surface area (Å²) in [5, 5.41) is 0. The van der Waals surface area contributed by atoms with Crippen molar-refractivity contribution in [2.45, 2.75) is 20.1 Å². The number of benzene rings is 3. The van der Waals surface area contributed by atoms with Crippen molar-refractivity contribution in [3.8, 4) is 28.7 Å². The van der Waals surface area contributed by atoms with Crippen LogP contribution in [0.25, 0.3) is 0 Å². The number of amides is 1. The lowest BCUT2D eigenvalue weighted by Crippen LogP contribution is -2.30. The Morgan fingerprint density at radius 3 is 1.91 bits per heavy atom. The van der Waals surface area contributed by atoms with Gasteiger partial charge in [0.15, 0.2) is 23.0 Å². The average Bonchev–Trinajstić information content (AvgIpc) is 2.89. The first-order chi connectivity index (χ1) is 16.5. The maximum atomic E-state index is 13.4. The number of carbonyl (C=O) groups is 1. The Bertz CT molecular complexity index is 1070. The second-order valence-corrected chi connectivity index (χ2v) is 7.49. The molecule has 1 amide bonds. The second-order valence-electron chi connectivity index (χ2n) is 7.49. The summed E-state index contributed by atoms with van der Waals surface area (Å²) in [7, 11) is 6.26. The van der Waals surface area contributed by atoms with Crippen LogP contribution in [0.4, 0.5) is 0 Å². The van der Waals surface area contributed by atoms with Gasteiger partial charge in [-0.25, -0.2) is 0 Å². The van der Waals surface area contributed by atoms with Gasteiger partial charge in [-0.1, -0.05) is 36.4 Å². The Balaban J connectivity index is 1.85. The monoisotopic (exact) mass is 465 g/mol. The van der Waals surface area contributed by atoms with E-state index < -0.39 is 0 Å². The molecule has 0 saturated heterocycles. The third-order valence-corrected chi connectivity index (χ3v) is 5.42. The highest BCUT2D eigenvalue weighted by atomic mass is 16.5. The molecular weight excluding hydrogens is 434 g/mol. The van der Waals surface area contributed by atoms with Gasteiger partial charge in [-0.05, 0) is 42.3 Å². The fraction of sp³-hybridized carbons (Fsp3) is 0.296. The summed E-state index contributed by atoms with van der Waals surface area (Å²) in [5.41, 5.74) is 2.39. The van der Waals surface area contributed by atoms with Crippen molar-refractivity contribution in [1.29, 1.82) is 0 Å². The molecule has 7 heteroatoms. The van der Waals surface area contributed by atoms with Crippen LogP contribution in [0.1, 0.15) is 28.4 Å². The zero-order valence-electron chi connectivity index (χ0n) is 20.3. The number of ether oxygens (including phenoxy) is 5. The molecule has 3 aromatic carbocycles. The number of hydrogen-bond donors (Lipinski definition) is 0. The molecule has 0 bridgehead atoms. The molecule has 3 rings (SSSR count). The second kappa shape index (κ2) is 11.8. The summed E-state index contributed by atoms with van der Waals surface area (Å²) in [6.07, 6.45) is 0. The Kier molecular flexibility index (Phi) is 8.62. The number of hydrogen-bond acceptors (Lipinski definition) is 6. The van der Waals surface area contributed by atoms with Gasteiger partial charge in [0.05, 0.1) is 28.4 Å². The molecule has 0 aliphatic heterocycles. The Morgan fingerprint density at radius 2 is 1.35 bits per heavy atom. The van der Waals surface area contributed by atoms with Gasteiger partial charge in [0.1, 0.15) is 6.61 Å². The van der Waals surface area contributed by atoms with E-state index in [9.17, 15) is 4.79 Å². The predicted molar refractivity (Wildman–Crippen MR) is 130 cm³/mol. The molecular formula is C27H31NO6. The maximum absolute atomic E-state index is 13.4. The van der Waals surface area contributed by atoms with Gasteiger partial charge in [-0.15, -0.1) is 0 Å². The van der Waals surface area contributed by atoms with Gasteiger partial charge in [-0.3, -0.25) is 4.79 Å². The molecule has 34 heavy (non-hydrogen) atoms. The molecule has 0 atom stereocenters. The average molecular weight is 466 g/mol. The first-order valence-corrected chi connectivity index (χ1v) is 11.0. The topological polar surface area (TPSA) is 66.5 Å². The number of methoxy groups -OCH3 is 4. The van der Waals surface area contributed by atoms with Crippen LogP contribution in [0.3, 0.4) is 0 Å². The smallest absolute Gasteiger partial charge is 0.254 e. The van der Waals surface area contributed by atoms with Crippen molar-refractivity contribution in [3.05, 3.63) is 77.4 Å². The van der Waals surface area contributed by atoms with E-state index in [1.54, 1.807) is 45.5 Å².